The lowest BCUT2D eigenvalue weighted by atomic mass is 10.1. The molecule has 1 aromatic heterocycles. The Bertz CT molecular complexity index is 1340. The van der Waals surface area contributed by atoms with Crippen LogP contribution in [0.2, 0.25) is 10.0 Å². The number of pyridine rings is 1. The van der Waals surface area contributed by atoms with Crippen molar-refractivity contribution in [2.45, 2.75) is 19.3 Å². The van der Waals surface area contributed by atoms with Crippen molar-refractivity contribution in [3.05, 3.63) is 81.2 Å². The summed E-state index contributed by atoms with van der Waals surface area (Å²) >= 11 is 12.0. The van der Waals surface area contributed by atoms with Gasteiger partial charge in [0.15, 0.2) is 0 Å². The molecule has 2 heterocycles. The molecule has 1 aliphatic rings. The van der Waals surface area contributed by atoms with E-state index in [0.717, 1.165) is 32.4 Å². The predicted molar refractivity (Wildman–Crippen MR) is 142 cm³/mol. The minimum atomic E-state index is -0.798. The summed E-state index contributed by atoms with van der Waals surface area (Å²) in [6.07, 6.45) is 4.45. The molecule has 0 unspecified atom stereocenters. The lowest BCUT2D eigenvalue weighted by molar-refractivity contribution is 0.102. The lowest BCUT2D eigenvalue weighted by Crippen LogP contribution is -2.35. The highest BCUT2D eigenvalue weighted by atomic mass is 35.5. The molecule has 0 aliphatic carbocycles. The van der Waals surface area contributed by atoms with Crippen molar-refractivity contribution in [3.8, 4) is 5.75 Å². The number of carbonyl (C=O) groups excluding carboxylic acids is 2. The molecule has 1 fully saturated rings. The number of hydrogen-bond acceptors (Lipinski definition) is 5. The van der Waals surface area contributed by atoms with E-state index in [1.54, 1.807) is 6.07 Å². The molecular formula is C26H24Cl2FN5O3. The van der Waals surface area contributed by atoms with Gasteiger partial charge in [0.05, 0.1) is 28.9 Å². The molecule has 3 N–H and O–H groups in total. The largest absolute Gasteiger partial charge is 0.494 e. The molecule has 192 valence electrons. The van der Waals surface area contributed by atoms with Crippen LogP contribution in [0.3, 0.4) is 0 Å². The molecule has 11 heteroatoms. The molecule has 0 bridgehead atoms. The Kier molecular flexibility index (Phi) is 8.25. The minimum absolute atomic E-state index is 0.00731. The Balaban J connectivity index is 1.59. The van der Waals surface area contributed by atoms with Crippen LogP contribution in [0.5, 0.6) is 5.75 Å². The van der Waals surface area contributed by atoms with E-state index in [4.69, 9.17) is 33.3 Å². The third kappa shape index (κ3) is 6.18. The molecule has 0 radical (unpaired) electrons. The zero-order valence-electron chi connectivity index (χ0n) is 19.9. The van der Waals surface area contributed by atoms with Crippen LogP contribution in [0.15, 0.2) is 48.7 Å². The molecule has 2 amide bonds. The van der Waals surface area contributed by atoms with Crippen LogP contribution >= 0.6 is 23.2 Å². The van der Waals surface area contributed by atoms with Gasteiger partial charge in [0.2, 0.25) is 0 Å². The second kappa shape index (κ2) is 11.6. The topological polar surface area (TPSA) is 107 Å². The van der Waals surface area contributed by atoms with Gasteiger partial charge in [0.25, 0.3) is 11.8 Å². The van der Waals surface area contributed by atoms with E-state index in [0.29, 0.717) is 10.6 Å². The number of nitrogens with zero attached hydrogens (tertiary/aromatic N) is 2. The number of hydrogen-bond donors (Lipinski definition) is 3. The van der Waals surface area contributed by atoms with Crippen LogP contribution in [-0.2, 0) is 0 Å². The number of piperidine rings is 1. The van der Waals surface area contributed by atoms with Gasteiger partial charge in [0.1, 0.15) is 23.2 Å². The standard InChI is InChI=1S/C26H24Cl2FN5O3/c1-37-21-13-17(28)12-19(26(36)32-22-8-6-16(27)14-31-22)23(21)33-25(35)18-7-5-15(11-20(18)29)24(30)34-9-3-2-4-10-34/h5-8,11-14,30H,2-4,9-10H2,1H3,(H,33,35)(H,31,32,36). The Hall–Kier alpha value is -3.69. The summed E-state index contributed by atoms with van der Waals surface area (Å²) in [6, 6.07) is 9.87. The summed E-state index contributed by atoms with van der Waals surface area (Å²) in [5.41, 5.74) is 0.125. The second-order valence-electron chi connectivity index (χ2n) is 8.39. The maximum atomic E-state index is 15.0. The summed E-state index contributed by atoms with van der Waals surface area (Å²) in [7, 11) is 1.35. The molecule has 2 aromatic carbocycles. The number of likely N-dealkylation sites (tertiary alicyclic amines) is 1. The van der Waals surface area contributed by atoms with Crippen LogP contribution < -0.4 is 15.4 Å². The average Bonchev–Trinajstić information content (AvgIpc) is 2.90. The highest BCUT2D eigenvalue weighted by Crippen LogP contribution is 2.33. The van der Waals surface area contributed by atoms with E-state index in [1.807, 2.05) is 4.90 Å². The van der Waals surface area contributed by atoms with E-state index in [-0.39, 0.29) is 39.2 Å². The Morgan fingerprint density at radius 2 is 1.70 bits per heavy atom. The number of nitrogens with one attached hydrogen (secondary N) is 3. The molecular weight excluding hydrogens is 520 g/mol. The molecule has 0 saturated carbocycles. The van der Waals surface area contributed by atoms with Gasteiger partial charge in [-0.1, -0.05) is 29.3 Å². The zero-order chi connectivity index (χ0) is 26.5. The molecule has 4 rings (SSSR count). The number of methoxy groups -OCH3 is 1. The monoisotopic (exact) mass is 543 g/mol. The van der Waals surface area contributed by atoms with Gasteiger partial charge in [-0.05, 0) is 49.6 Å². The first-order valence-corrected chi connectivity index (χ1v) is 12.3. The maximum absolute atomic E-state index is 15.0. The number of halogens is 3. The Labute approximate surface area is 223 Å². The molecule has 0 atom stereocenters. The third-order valence-corrected chi connectivity index (χ3v) is 6.34. The molecule has 1 saturated heterocycles. The van der Waals surface area contributed by atoms with E-state index in [2.05, 4.69) is 15.6 Å². The fourth-order valence-electron chi connectivity index (χ4n) is 4.01. The van der Waals surface area contributed by atoms with Crippen LogP contribution in [0, 0.1) is 11.2 Å². The summed E-state index contributed by atoms with van der Waals surface area (Å²) in [6.45, 7) is 1.49. The first-order chi connectivity index (χ1) is 17.8. The number of carbonyl (C=O) groups is 2. The van der Waals surface area contributed by atoms with E-state index >= 15 is 4.39 Å². The minimum Gasteiger partial charge on any atom is -0.494 e. The van der Waals surface area contributed by atoms with Gasteiger partial charge < -0.3 is 20.3 Å². The molecule has 1 aliphatic heterocycles. The van der Waals surface area contributed by atoms with Crippen LogP contribution in [-0.4, -0.2) is 47.7 Å². The van der Waals surface area contributed by atoms with Crippen molar-refractivity contribution >= 4 is 52.4 Å². The molecule has 8 nitrogen and oxygen atoms in total. The van der Waals surface area contributed by atoms with Crippen molar-refractivity contribution in [1.82, 2.24) is 9.88 Å². The highest BCUT2D eigenvalue weighted by Gasteiger charge is 2.23. The van der Waals surface area contributed by atoms with E-state index in [9.17, 15) is 9.59 Å². The number of aromatic nitrogens is 1. The third-order valence-electron chi connectivity index (χ3n) is 5.90. The Morgan fingerprint density at radius 3 is 2.35 bits per heavy atom. The fraction of sp³-hybridized carbons (Fsp3) is 0.231. The van der Waals surface area contributed by atoms with Gasteiger partial charge >= 0.3 is 0 Å². The lowest BCUT2D eigenvalue weighted by Gasteiger charge is -2.29. The fourth-order valence-corrected chi connectivity index (χ4v) is 4.33. The van der Waals surface area contributed by atoms with Crippen molar-refractivity contribution in [2.24, 2.45) is 0 Å². The summed E-state index contributed by atoms with van der Waals surface area (Å²) in [5.74, 6) is -1.66. The number of benzene rings is 2. The van der Waals surface area contributed by atoms with Crippen molar-refractivity contribution < 1.29 is 18.7 Å². The van der Waals surface area contributed by atoms with Crippen molar-refractivity contribution in [3.63, 3.8) is 0 Å². The number of anilines is 2. The smallest absolute Gasteiger partial charge is 0.259 e. The van der Waals surface area contributed by atoms with Gasteiger partial charge in [-0.15, -0.1) is 0 Å². The maximum Gasteiger partial charge on any atom is 0.259 e. The number of ether oxygens (including phenoxy) is 1. The normalized spacial score (nSPS) is 13.1. The summed E-state index contributed by atoms with van der Waals surface area (Å²) < 4.78 is 20.4. The first kappa shape index (κ1) is 26.4. The SMILES string of the molecule is COc1cc(Cl)cc(C(=O)Nc2ccc(Cl)cn2)c1NC(=O)c1ccc(C(=N)N2CCCCC2)cc1F. The quantitative estimate of drug-likeness (QED) is 0.267. The summed E-state index contributed by atoms with van der Waals surface area (Å²) in [5, 5.41) is 14.2. The molecule has 37 heavy (non-hydrogen) atoms. The van der Waals surface area contributed by atoms with E-state index < -0.39 is 17.6 Å². The van der Waals surface area contributed by atoms with E-state index in [1.165, 1.54) is 49.7 Å². The first-order valence-electron chi connectivity index (χ1n) is 11.5. The van der Waals surface area contributed by atoms with Crippen molar-refractivity contribution in [1.29, 1.82) is 5.41 Å². The van der Waals surface area contributed by atoms with Gasteiger partial charge in [-0.25, -0.2) is 9.37 Å². The Morgan fingerprint density at radius 1 is 0.973 bits per heavy atom. The number of amidine groups is 1. The predicted octanol–water partition coefficient (Wildman–Crippen LogP) is 5.85. The van der Waals surface area contributed by atoms with Gasteiger partial charge in [0, 0.05) is 35.9 Å². The summed E-state index contributed by atoms with van der Waals surface area (Å²) in [4.78, 5) is 32.1. The van der Waals surface area contributed by atoms with Gasteiger partial charge in [-0.2, -0.15) is 0 Å². The number of amides is 2. The average molecular weight is 544 g/mol. The zero-order valence-corrected chi connectivity index (χ0v) is 21.4. The van der Waals surface area contributed by atoms with Crippen LogP contribution in [0.25, 0.3) is 0 Å². The highest BCUT2D eigenvalue weighted by molar-refractivity contribution is 6.32. The van der Waals surface area contributed by atoms with Gasteiger partial charge in [-0.3, -0.25) is 15.0 Å². The number of rotatable bonds is 6. The van der Waals surface area contributed by atoms with Crippen LogP contribution in [0.4, 0.5) is 15.9 Å². The molecule has 3 aromatic rings. The van der Waals surface area contributed by atoms with Crippen molar-refractivity contribution in [2.75, 3.05) is 30.8 Å². The second-order valence-corrected chi connectivity index (χ2v) is 9.26. The van der Waals surface area contributed by atoms with Crippen LogP contribution in [0.1, 0.15) is 45.5 Å². The molecule has 0 spiro atoms.